The van der Waals surface area contributed by atoms with Crippen LogP contribution >= 0.6 is 12.4 Å². The van der Waals surface area contributed by atoms with Crippen LogP contribution in [0.3, 0.4) is 0 Å². The van der Waals surface area contributed by atoms with Gasteiger partial charge in [0.05, 0.1) is 5.92 Å². The Kier molecular flexibility index (Phi) is 6.51. The van der Waals surface area contributed by atoms with Crippen molar-refractivity contribution in [2.45, 2.75) is 69.5 Å². The molecule has 2 aliphatic heterocycles. The number of halogens is 1. The third-order valence-corrected chi connectivity index (χ3v) is 5.76. The Morgan fingerprint density at radius 3 is 2.62 bits per heavy atom. The number of carbonyl (C=O) groups is 2. The molecule has 0 aromatic carbocycles. The molecule has 3 N–H and O–H groups in total. The molecule has 7 heteroatoms. The van der Waals surface area contributed by atoms with Crippen molar-refractivity contribution < 1.29 is 14.3 Å². The molecule has 0 bridgehead atoms. The van der Waals surface area contributed by atoms with Crippen molar-refractivity contribution in [3.8, 4) is 0 Å². The first-order valence-corrected chi connectivity index (χ1v) is 8.96. The smallest absolute Gasteiger partial charge is 0.245 e. The maximum atomic E-state index is 12.6. The number of rotatable bonds is 3. The van der Waals surface area contributed by atoms with Crippen molar-refractivity contribution in [2.24, 2.45) is 11.7 Å². The molecule has 3 rings (SSSR count). The van der Waals surface area contributed by atoms with Gasteiger partial charge in [0.15, 0.2) is 0 Å². The zero-order valence-corrected chi connectivity index (χ0v) is 15.3. The van der Waals surface area contributed by atoms with E-state index < -0.39 is 5.54 Å². The number of nitrogens with one attached hydrogen (secondary N) is 1. The monoisotopic (exact) mass is 359 g/mol. The molecule has 1 aliphatic carbocycles. The predicted molar refractivity (Wildman–Crippen MR) is 93.9 cm³/mol. The lowest BCUT2D eigenvalue weighted by Gasteiger charge is -2.37. The highest BCUT2D eigenvalue weighted by atomic mass is 35.5. The maximum absolute atomic E-state index is 12.6. The van der Waals surface area contributed by atoms with Crippen LogP contribution in [0.25, 0.3) is 0 Å². The first kappa shape index (κ1) is 19.5. The van der Waals surface area contributed by atoms with E-state index in [1.807, 2.05) is 11.8 Å². The maximum Gasteiger partial charge on any atom is 0.245 e. The summed E-state index contributed by atoms with van der Waals surface area (Å²) in [7, 11) is 0. The third kappa shape index (κ3) is 4.03. The van der Waals surface area contributed by atoms with Crippen LogP contribution < -0.4 is 11.1 Å². The van der Waals surface area contributed by atoms with Crippen LogP contribution in [0.15, 0.2) is 0 Å². The van der Waals surface area contributed by atoms with Gasteiger partial charge in [-0.2, -0.15) is 0 Å². The van der Waals surface area contributed by atoms with E-state index >= 15 is 0 Å². The van der Waals surface area contributed by atoms with Gasteiger partial charge in [-0.15, -0.1) is 12.4 Å². The van der Waals surface area contributed by atoms with Crippen LogP contribution in [0.1, 0.15) is 51.9 Å². The summed E-state index contributed by atoms with van der Waals surface area (Å²) in [4.78, 5) is 27.2. The lowest BCUT2D eigenvalue weighted by atomic mass is 9.74. The van der Waals surface area contributed by atoms with Crippen molar-refractivity contribution >= 4 is 24.2 Å². The van der Waals surface area contributed by atoms with E-state index in [9.17, 15) is 9.59 Å². The van der Waals surface area contributed by atoms with Crippen molar-refractivity contribution in [1.82, 2.24) is 10.2 Å². The van der Waals surface area contributed by atoms with E-state index in [1.54, 1.807) is 0 Å². The zero-order chi connectivity index (χ0) is 16.4. The Morgan fingerprint density at radius 1 is 1.25 bits per heavy atom. The lowest BCUT2D eigenvalue weighted by Crippen LogP contribution is -2.55. The standard InChI is InChI=1S/C17H29N3O3.ClH/c1-17(18)8-3-2-4-13(17)15(21)19-14-5-9-20(16(14)22)12-6-10-23-11-7-12;/h12-14H,2-11,18H2,1H3,(H,19,21);1H. The van der Waals surface area contributed by atoms with Crippen LogP contribution in [0.4, 0.5) is 0 Å². The van der Waals surface area contributed by atoms with Crippen LogP contribution in [-0.2, 0) is 14.3 Å². The second-order valence-electron chi connectivity index (χ2n) is 7.53. The summed E-state index contributed by atoms with van der Waals surface area (Å²) < 4.78 is 5.37. The Bertz CT molecular complexity index is 466. The molecule has 2 heterocycles. The third-order valence-electron chi connectivity index (χ3n) is 5.76. The van der Waals surface area contributed by atoms with Crippen molar-refractivity contribution in [1.29, 1.82) is 0 Å². The van der Waals surface area contributed by atoms with Gasteiger partial charge in [-0.1, -0.05) is 12.8 Å². The van der Waals surface area contributed by atoms with Gasteiger partial charge >= 0.3 is 0 Å². The highest BCUT2D eigenvalue weighted by Gasteiger charge is 2.42. The van der Waals surface area contributed by atoms with E-state index in [0.29, 0.717) is 6.42 Å². The van der Waals surface area contributed by atoms with E-state index in [1.165, 1.54) is 0 Å². The number of likely N-dealkylation sites (tertiary alicyclic amines) is 1. The summed E-state index contributed by atoms with van der Waals surface area (Å²) in [6.45, 7) is 4.14. The van der Waals surface area contributed by atoms with Crippen molar-refractivity contribution in [3.05, 3.63) is 0 Å². The largest absolute Gasteiger partial charge is 0.381 e. The van der Waals surface area contributed by atoms with Crippen LogP contribution in [0.2, 0.25) is 0 Å². The molecule has 6 nitrogen and oxygen atoms in total. The first-order valence-electron chi connectivity index (χ1n) is 8.96. The van der Waals surface area contributed by atoms with Gasteiger partial charge < -0.3 is 20.7 Å². The van der Waals surface area contributed by atoms with Crippen LogP contribution in [0.5, 0.6) is 0 Å². The minimum Gasteiger partial charge on any atom is -0.381 e. The summed E-state index contributed by atoms with van der Waals surface area (Å²) >= 11 is 0. The minimum absolute atomic E-state index is 0. The fourth-order valence-electron chi connectivity index (χ4n) is 4.26. The molecule has 0 aromatic heterocycles. The molecule has 3 unspecified atom stereocenters. The Morgan fingerprint density at radius 2 is 1.96 bits per heavy atom. The van der Waals surface area contributed by atoms with Crippen molar-refractivity contribution in [2.75, 3.05) is 19.8 Å². The second kappa shape index (κ2) is 8.02. The molecule has 3 aliphatic rings. The molecular weight excluding hydrogens is 330 g/mol. The number of ether oxygens (including phenoxy) is 1. The molecule has 3 atom stereocenters. The molecule has 2 amide bonds. The van der Waals surface area contributed by atoms with Gasteiger partial charge in [0, 0.05) is 31.3 Å². The summed E-state index contributed by atoms with van der Waals surface area (Å²) in [5, 5.41) is 2.98. The molecule has 138 valence electrons. The van der Waals surface area contributed by atoms with E-state index in [4.69, 9.17) is 10.5 Å². The molecule has 1 saturated carbocycles. The number of hydrogen-bond donors (Lipinski definition) is 2. The fraction of sp³-hybridized carbons (Fsp3) is 0.882. The highest BCUT2D eigenvalue weighted by Crippen LogP contribution is 2.32. The zero-order valence-electron chi connectivity index (χ0n) is 14.5. The highest BCUT2D eigenvalue weighted by molar-refractivity contribution is 5.90. The number of amides is 2. The Balaban J connectivity index is 0.00000208. The Labute approximate surface area is 150 Å². The molecule has 3 fully saturated rings. The lowest BCUT2D eigenvalue weighted by molar-refractivity contribution is -0.137. The summed E-state index contributed by atoms with van der Waals surface area (Å²) in [6, 6.07) is -0.101. The predicted octanol–water partition coefficient (Wildman–Crippen LogP) is 1.21. The normalized spacial score (nSPS) is 34.8. The van der Waals surface area contributed by atoms with E-state index in [-0.39, 0.29) is 42.2 Å². The molecule has 0 aromatic rings. The molecule has 0 spiro atoms. The van der Waals surface area contributed by atoms with E-state index in [2.05, 4.69) is 5.32 Å². The van der Waals surface area contributed by atoms with Gasteiger partial charge in [0.25, 0.3) is 0 Å². The first-order chi connectivity index (χ1) is 11.0. The second-order valence-corrected chi connectivity index (χ2v) is 7.53. The van der Waals surface area contributed by atoms with Gasteiger partial charge in [-0.3, -0.25) is 9.59 Å². The number of carbonyl (C=O) groups excluding carboxylic acids is 2. The molecule has 2 saturated heterocycles. The SMILES string of the molecule is CC1(N)CCCCC1C(=O)NC1CCN(C2CCOCC2)C1=O.Cl. The summed E-state index contributed by atoms with van der Waals surface area (Å²) in [6.07, 6.45) is 6.32. The van der Waals surface area contributed by atoms with E-state index in [0.717, 1.165) is 58.3 Å². The van der Waals surface area contributed by atoms with Crippen molar-refractivity contribution in [3.63, 3.8) is 0 Å². The van der Waals surface area contributed by atoms with Gasteiger partial charge in [-0.05, 0) is 39.0 Å². The molecule has 0 radical (unpaired) electrons. The number of nitrogens with zero attached hydrogens (tertiary/aromatic N) is 1. The number of nitrogens with two attached hydrogens (primary N) is 1. The fourth-order valence-corrected chi connectivity index (χ4v) is 4.26. The van der Waals surface area contributed by atoms with Crippen LogP contribution in [-0.4, -0.2) is 54.1 Å². The molecule has 24 heavy (non-hydrogen) atoms. The average molecular weight is 360 g/mol. The topological polar surface area (TPSA) is 84.7 Å². The minimum atomic E-state index is -0.454. The van der Waals surface area contributed by atoms with Crippen LogP contribution in [0, 0.1) is 5.92 Å². The van der Waals surface area contributed by atoms with Gasteiger partial charge in [-0.25, -0.2) is 0 Å². The average Bonchev–Trinajstić information content (AvgIpc) is 2.88. The van der Waals surface area contributed by atoms with Gasteiger partial charge in [0.2, 0.25) is 11.8 Å². The quantitative estimate of drug-likeness (QED) is 0.793. The number of hydrogen-bond acceptors (Lipinski definition) is 4. The summed E-state index contributed by atoms with van der Waals surface area (Å²) in [5.41, 5.74) is 5.85. The van der Waals surface area contributed by atoms with Gasteiger partial charge in [0.1, 0.15) is 6.04 Å². The molecular formula is C17H30ClN3O3. The summed E-state index contributed by atoms with van der Waals surface area (Å²) in [5.74, 6) is -0.150. The Hall–Kier alpha value is -0.850.